The normalized spacial score (nSPS) is 21.6. The lowest BCUT2D eigenvalue weighted by Gasteiger charge is -2.27. The fraction of sp³-hybridized carbons (Fsp3) is 0.786. The van der Waals surface area contributed by atoms with Crippen LogP contribution in [-0.4, -0.2) is 26.8 Å². The van der Waals surface area contributed by atoms with Gasteiger partial charge < -0.3 is 5.73 Å². The summed E-state index contributed by atoms with van der Waals surface area (Å²) in [7, 11) is 0. The molecule has 1 saturated heterocycles. The zero-order valence-electron chi connectivity index (χ0n) is 11.9. The molecule has 0 aliphatic carbocycles. The molecule has 2 heterocycles. The van der Waals surface area contributed by atoms with Gasteiger partial charge in [-0.15, -0.1) is 0 Å². The van der Waals surface area contributed by atoms with Crippen molar-refractivity contribution < 1.29 is 0 Å². The van der Waals surface area contributed by atoms with E-state index >= 15 is 0 Å². The largest absolute Gasteiger partial charge is 0.326 e. The first-order valence-electron chi connectivity index (χ1n) is 7.28. The highest BCUT2D eigenvalue weighted by Gasteiger charge is 2.24. The molecule has 1 aromatic rings. The highest BCUT2D eigenvalue weighted by molar-refractivity contribution is 9.10. The maximum Gasteiger partial charge on any atom is 0.0766 e. The molecule has 0 bridgehead atoms. The van der Waals surface area contributed by atoms with E-state index in [1.165, 1.54) is 35.2 Å². The van der Waals surface area contributed by atoms with Crippen LogP contribution >= 0.6 is 27.7 Å². The van der Waals surface area contributed by atoms with Crippen LogP contribution in [0.15, 0.2) is 4.47 Å². The smallest absolute Gasteiger partial charge is 0.0766 e. The van der Waals surface area contributed by atoms with Crippen molar-refractivity contribution in [3.63, 3.8) is 0 Å². The summed E-state index contributed by atoms with van der Waals surface area (Å²) in [6.45, 7) is 5.20. The third-order valence-electron chi connectivity index (χ3n) is 3.82. The molecule has 0 amide bonds. The number of halogens is 1. The number of hydrogen-bond donors (Lipinski definition) is 1. The van der Waals surface area contributed by atoms with Gasteiger partial charge in [0.2, 0.25) is 0 Å². The van der Waals surface area contributed by atoms with E-state index < -0.39 is 0 Å². The molecule has 0 aromatic carbocycles. The Morgan fingerprint density at radius 2 is 2.26 bits per heavy atom. The van der Waals surface area contributed by atoms with E-state index in [-0.39, 0.29) is 6.04 Å². The van der Waals surface area contributed by atoms with Gasteiger partial charge in [-0.3, -0.25) is 4.68 Å². The maximum absolute atomic E-state index is 6.44. The predicted molar refractivity (Wildman–Crippen MR) is 86.8 cm³/mol. The molecule has 1 aliphatic heterocycles. The van der Waals surface area contributed by atoms with Crippen LogP contribution in [0.2, 0.25) is 0 Å². The van der Waals surface area contributed by atoms with Gasteiger partial charge in [0.15, 0.2) is 0 Å². The number of nitrogens with zero attached hydrogens (tertiary/aromatic N) is 2. The molecule has 1 fully saturated rings. The van der Waals surface area contributed by atoms with E-state index in [1.54, 1.807) is 0 Å². The summed E-state index contributed by atoms with van der Waals surface area (Å²) < 4.78 is 3.28. The summed E-state index contributed by atoms with van der Waals surface area (Å²) in [5.41, 5.74) is 8.87. The molecular weight excluding hydrogens is 322 g/mol. The number of rotatable bonds is 5. The van der Waals surface area contributed by atoms with Crippen molar-refractivity contribution >= 4 is 27.7 Å². The first-order chi connectivity index (χ1) is 9.17. The zero-order valence-corrected chi connectivity index (χ0v) is 14.3. The Bertz CT molecular complexity index is 413. The molecule has 0 spiro atoms. The van der Waals surface area contributed by atoms with Crippen molar-refractivity contribution in [2.24, 2.45) is 5.73 Å². The van der Waals surface area contributed by atoms with Gasteiger partial charge in [0.1, 0.15) is 0 Å². The van der Waals surface area contributed by atoms with E-state index in [0.717, 1.165) is 25.1 Å². The van der Waals surface area contributed by atoms with Crippen LogP contribution in [0.25, 0.3) is 0 Å². The fourth-order valence-corrected chi connectivity index (χ4v) is 4.75. The molecule has 2 atom stereocenters. The van der Waals surface area contributed by atoms with Crippen molar-refractivity contribution in [3.8, 4) is 0 Å². The van der Waals surface area contributed by atoms with Gasteiger partial charge in [0.25, 0.3) is 0 Å². The average Bonchev–Trinajstić information content (AvgIpc) is 2.76. The Hall–Kier alpha value is -0.000000000000000111. The number of aryl methyl sites for hydroxylation is 2. The van der Waals surface area contributed by atoms with Crippen LogP contribution in [0.5, 0.6) is 0 Å². The van der Waals surface area contributed by atoms with Gasteiger partial charge in [0.05, 0.1) is 15.9 Å². The SMILES string of the molecule is CCc1nn(CC)c(CC(N)C2CCCCS2)c1Br. The molecule has 5 heteroatoms. The number of nitrogens with two attached hydrogens (primary N) is 1. The minimum atomic E-state index is 0.244. The highest BCUT2D eigenvalue weighted by Crippen LogP contribution is 2.30. The second-order valence-corrected chi connectivity index (χ2v) is 7.29. The van der Waals surface area contributed by atoms with Crippen LogP contribution in [0.4, 0.5) is 0 Å². The standard InChI is InChI=1S/C14H24BrN3S/c1-3-11-14(15)12(18(4-2)17-11)9-10(16)13-7-5-6-8-19-13/h10,13H,3-9,16H2,1-2H3. The van der Waals surface area contributed by atoms with Crippen LogP contribution in [0, 0.1) is 0 Å². The van der Waals surface area contributed by atoms with Crippen LogP contribution in [-0.2, 0) is 19.4 Å². The molecule has 2 rings (SSSR count). The summed E-state index contributed by atoms with van der Waals surface area (Å²) in [6.07, 6.45) is 5.85. The van der Waals surface area contributed by atoms with Gasteiger partial charge in [0, 0.05) is 24.3 Å². The summed E-state index contributed by atoms with van der Waals surface area (Å²) >= 11 is 5.76. The summed E-state index contributed by atoms with van der Waals surface area (Å²) in [6, 6.07) is 0.244. The van der Waals surface area contributed by atoms with E-state index in [0.29, 0.717) is 5.25 Å². The first-order valence-corrected chi connectivity index (χ1v) is 9.12. The number of hydrogen-bond acceptors (Lipinski definition) is 3. The van der Waals surface area contributed by atoms with E-state index in [2.05, 4.69) is 51.3 Å². The molecule has 19 heavy (non-hydrogen) atoms. The Balaban J connectivity index is 2.10. The van der Waals surface area contributed by atoms with E-state index in [9.17, 15) is 0 Å². The minimum Gasteiger partial charge on any atom is -0.326 e. The van der Waals surface area contributed by atoms with Gasteiger partial charge in [-0.05, 0) is 47.9 Å². The quantitative estimate of drug-likeness (QED) is 0.889. The Morgan fingerprint density at radius 3 is 2.84 bits per heavy atom. The molecule has 2 N–H and O–H groups in total. The van der Waals surface area contributed by atoms with Gasteiger partial charge in [-0.25, -0.2) is 0 Å². The number of aromatic nitrogens is 2. The summed E-state index contributed by atoms with van der Waals surface area (Å²) in [5.74, 6) is 1.27. The van der Waals surface area contributed by atoms with Crippen LogP contribution in [0.3, 0.4) is 0 Å². The monoisotopic (exact) mass is 345 g/mol. The lowest BCUT2D eigenvalue weighted by atomic mass is 10.0. The predicted octanol–water partition coefficient (Wildman–Crippen LogP) is 3.38. The van der Waals surface area contributed by atoms with Crippen molar-refractivity contribution in [1.29, 1.82) is 0 Å². The van der Waals surface area contributed by atoms with Crippen molar-refractivity contribution in [2.75, 3.05) is 5.75 Å². The lowest BCUT2D eigenvalue weighted by molar-refractivity contribution is 0.529. The highest BCUT2D eigenvalue weighted by atomic mass is 79.9. The second kappa shape index (κ2) is 7.14. The molecule has 1 aromatic heterocycles. The second-order valence-electron chi connectivity index (χ2n) is 5.15. The third kappa shape index (κ3) is 3.56. The topological polar surface area (TPSA) is 43.8 Å². The van der Waals surface area contributed by atoms with Crippen molar-refractivity contribution in [2.45, 2.75) is 63.8 Å². The van der Waals surface area contributed by atoms with E-state index in [4.69, 9.17) is 5.73 Å². The Morgan fingerprint density at radius 1 is 1.47 bits per heavy atom. The van der Waals surface area contributed by atoms with Gasteiger partial charge in [-0.1, -0.05) is 13.3 Å². The van der Waals surface area contributed by atoms with Crippen LogP contribution in [0.1, 0.15) is 44.5 Å². The Kier molecular flexibility index (Phi) is 5.78. The van der Waals surface area contributed by atoms with Crippen molar-refractivity contribution in [1.82, 2.24) is 9.78 Å². The third-order valence-corrected chi connectivity index (χ3v) is 6.27. The van der Waals surface area contributed by atoms with E-state index in [1.807, 2.05) is 0 Å². The molecule has 0 saturated carbocycles. The molecule has 0 radical (unpaired) electrons. The first kappa shape index (κ1) is 15.4. The average molecular weight is 346 g/mol. The number of thioether (sulfide) groups is 1. The molecule has 1 aliphatic rings. The maximum atomic E-state index is 6.44. The Labute approximate surface area is 128 Å². The molecular formula is C14H24BrN3S. The van der Waals surface area contributed by atoms with Gasteiger partial charge >= 0.3 is 0 Å². The zero-order chi connectivity index (χ0) is 13.8. The van der Waals surface area contributed by atoms with Gasteiger partial charge in [-0.2, -0.15) is 16.9 Å². The lowest BCUT2D eigenvalue weighted by Crippen LogP contribution is -2.36. The summed E-state index contributed by atoms with van der Waals surface area (Å²) in [5, 5.41) is 5.27. The fourth-order valence-electron chi connectivity index (χ4n) is 2.67. The molecule has 108 valence electrons. The summed E-state index contributed by atoms with van der Waals surface area (Å²) in [4.78, 5) is 0. The van der Waals surface area contributed by atoms with Crippen molar-refractivity contribution in [3.05, 3.63) is 15.9 Å². The molecule has 3 nitrogen and oxygen atoms in total. The minimum absolute atomic E-state index is 0.244. The van der Waals surface area contributed by atoms with Crippen LogP contribution < -0.4 is 5.73 Å². The molecule has 2 unspecified atom stereocenters.